The Labute approximate surface area is 161 Å². The van der Waals surface area contributed by atoms with Crippen molar-refractivity contribution in [2.75, 3.05) is 25.1 Å². The fraction of sp³-hybridized carbons (Fsp3) is 0.250. The summed E-state index contributed by atoms with van der Waals surface area (Å²) in [6.45, 7) is 1.94. The van der Waals surface area contributed by atoms with E-state index in [9.17, 15) is 14.4 Å². The summed E-state index contributed by atoms with van der Waals surface area (Å²) in [6, 6.07) is 11.5. The van der Waals surface area contributed by atoms with Crippen LogP contribution in [0.3, 0.4) is 0 Å². The first-order chi connectivity index (χ1) is 13.6. The van der Waals surface area contributed by atoms with Crippen molar-refractivity contribution >= 4 is 23.9 Å². The maximum atomic E-state index is 12.2. The van der Waals surface area contributed by atoms with Gasteiger partial charge in [0.2, 0.25) is 0 Å². The van der Waals surface area contributed by atoms with Gasteiger partial charge in [0.05, 0.1) is 5.56 Å². The molecule has 8 nitrogen and oxygen atoms in total. The molecule has 1 heterocycles. The molecule has 2 aromatic carbocycles. The van der Waals surface area contributed by atoms with Crippen LogP contribution in [0, 0.1) is 0 Å². The molecule has 0 aromatic heterocycles. The minimum Gasteiger partial charge on any atom is -0.486 e. The molecule has 28 heavy (non-hydrogen) atoms. The van der Waals surface area contributed by atoms with Crippen molar-refractivity contribution in [3.63, 3.8) is 0 Å². The summed E-state index contributed by atoms with van der Waals surface area (Å²) < 4.78 is 21.2. The van der Waals surface area contributed by atoms with Crippen LogP contribution in [0.1, 0.15) is 17.3 Å². The summed E-state index contributed by atoms with van der Waals surface area (Å²) in [6.07, 6.45) is -0.407. The summed E-state index contributed by atoms with van der Waals surface area (Å²) >= 11 is 0. The maximum Gasteiger partial charge on any atom is 0.344 e. The molecule has 0 fully saturated rings. The molecule has 1 N–H and O–H groups in total. The number of rotatable bonds is 7. The lowest BCUT2D eigenvalue weighted by molar-refractivity contribution is -0.155. The minimum atomic E-state index is -1.04. The highest BCUT2D eigenvalue weighted by Crippen LogP contribution is 2.32. The van der Waals surface area contributed by atoms with E-state index < -0.39 is 24.6 Å². The summed E-state index contributed by atoms with van der Waals surface area (Å²) in [4.78, 5) is 35.1. The lowest BCUT2D eigenvalue weighted by Crippen LogP contribution is -2.31. The quantitative estimate of drug-likeness (QED) is 0.576. The average molecular weight is 385 g/mol. The summed E-state index contributed by atoms with van der Waals surface area (Å²) in [7, 11) is 0. The number of hydrogen-bond donors (Lipinski definition) is 1. The Morgan fingerprint density at radius 2 is 1.89 bits per heavy atom. The number of aldehydes is 1. The zero-order chi connectivity index (χ0) is 19.9. The van der Waals surface area contributed by atoms with Crippen molar-refractivity contribution in [1.82, 2.24) is 0 Å². The third-order valence-corrected chi connectivity index (χ3v) is 3.88. The Hall–Kier alpha value is -3.55. The van der Waals surface area contributed by atoms with E-state index in [2.05, 4.69) is 5.32 Å². The van der Waals surface area contributed by atoms with Gasteiger partial charge >= 0.3 is 5.97 Å². The predicted molar refractivity (Wildman–Crippen MR) is 98.9 cm³/mol. The van der Waals surface area contributed by atoms with Crippen LogP contribution in [-0.4, -0.2) is 44.1 Å². The van der Waals surface area contributed by atoms with Gasteiger partial charge in [-0.25, -0.2) is 4.79 Å². The topological polar surface area (TPSA) is 100 Å². The molecule has 0 spiro atoms. The van der Waals surface area contributed by atoms with E-state index in [1.807, 2.05) is 0 Å². The van der Waals surface area contributed by atoms with Crippen molar-refractivity contribution in [1.29, 1.82) is 0 Å². The summed E-state index contributed by atoms with van der Waals surface area (Å²) in [5, 5.41) is 2.65. The van der Waals surface area contributed by atoms with E-state index in [1.165, 1.54) is 6.92 Å². The molecule has 1 aliphatic rings. The standard InChI is InChI=1S/C20H19NO7/c1-13(28-19(23)12-27-16-5-3-2-4-14(16)11-22)20(24)21-15-6-7-17-18(10-15)26-9-8-25-17/h2-7,10-11,13H,8-9,12H2,1H3,(H,21,24)/t13-/m0/s1. The van der Waals surface area contributed by atoms with E-state index in [0.29, 0.717) is 42.2 Å². The van der Waals surface area contributed by atoms with Gasteiger partial charge in [0.25, 0.3) is 5.91 Å². The molecule has 0 saturated heterocycles. The molecule has 0 radical (unpaired) electrons. The van der Waals surface area contributed by atoms with Gasteiger partial charge in [-0.05, 0) is 31.2 Å². The fourth-order valence-corrected chi connectivity index (χ4v) is 2.50. The summed E-state index contributed by atoms with van der Waals surface area (Å²) in [5.74, 6) is 0.180. The zero-order valence-electron chi connectivity index (χ0n) is 15.2. The highest BCUT2D eigenvalue weighted by molar-refractivity contribution is 5.95. The monoisotopic (exact) mass is 385 g/mol. The number of fused-ring (bicyclic) bond motifs is 1. The molecule has 0 unspecified atom stereocenters. The van der Waals surface area contributed by atoms with Gasteiger partial charge in [-0.3, -0.25) is 9.59 Å². The van der Waals surface area contributed by atoms with Crippen LogP contribution in [0.25, 0.3) is 0 Å². The van der Waals surface area contributed by atoms with Crippen LogP contribution in [0.5, 0.6) is 17.2 Å². The number of benzene rings is 2. The van der Waals surface area contributed by atoms with Crippen molar-refractivity contribution in [3.05, 3.63) is 48.0 Å². The Balaban J connectivity index is 1.51. The number of nitrogens with one attached hydrogen (secondary N) is 1. The lowest BCUT2D eigenvalue weighted by atomic mass is 10.2. The number of ether oxygens (including phenoxy) is 4. The molecule has 2 aromatic rings. The van der Waals surface area contributed by atoms with Gasteiger partial charge in [-0.15, -0.1) is 0 Å². The molecule has 1 amide bonds. The number of anilines is 1. The molecule has 0 bridgehead atoms. The number of hydrogen-bond acceptors (Lipinski definition) is 7. The van der Waals surface area contributed by atoms with Gasteiger partial charge in [0, 0.05) is 11.8 Å². The summed E-state index contributed by atoms with van der Waals surface area (Å²) in [5.41, 5.74) is 0.813. The van der Waals surface area contributed by atoms with Gasteiger partial charge < -0.3 is 24.3 Å². The van der Waals surface area contributed by atoms with Gasteiger partial charge in [0.1, 0.15) is 19.0 Å². The Bertz CT molecular complexity index is 881. The first-order valence-electron chi connectivity index (χ1n) is 8.64. The Morgan fingerprint density at radius 3 is 2.68 bits per heavy atom. The van der Waals surface area contributed by atoms with E-state index in [1.54, 1.807) is 42.5 Å². The van der Waals surface area contributed by atoms with Gasteiger partial charge in [0.15, 0.2) is 30.5 Å². The maximum absolute atomic E-state index is 12.2. The molecule has 0 aliphatic carbocycles. The third kappa shape index (κ3) is 4.79. The first-order valence-corrected chi connectivity index (χ1v) is 8.64. The lowest BCUT2D eigenvalue weighted by Gasteiger charge is -2.19. The number of para-hydroxylation sites is 1. The highest BCUT2D eigenvalue weighted by Gasteiger charge is 2.20. The molecule has 8 heteroatoms. The number of esters is 1. The van der Waals surface area contributed by atoms with Crippen molar-refractivity contribution in [3.8, 4) is 17.2 Å². The number of amides is 1. The van der Waals surface area contributed by atoms with E-state index in [4.69, 9.17) is 18.9 Å². The van der Waals surface area contributed by atoms with E-state index in [-0.39, 0.29) is 5.75 Å². The second-order valence-corrected chi connectivity index (χ2v) is 5.92. The Morgan fingerprint density at radius 1 is 1.14 bits per heavy atom. The van der Waals surface area contributed by atoms with Crippen LogP contribution in [0.2, 0.25) is 0 Å². The zero-order valence-corrected chi connectivity index (χ0v) is 15.2. The van der Waals surface area contributed by atoms with Crippen LogP contribution in [0.15, 0.2) is 42.5 Å². The third-order valence-electron chi connectivity index (χ3n) is 3.88. The van der Waals surface area contributed by atoms with E-state index in [0.717, 1.165) is 0 Å². The average Bonchev–Trinajstić information content (AvgIpc) is 2.72. The molecule has 146 valence electrons. The Kier molecular flexibility index (Phi) is 6.11. The number of carbonyl (C=O) groups excluding carboxylic acids is 3. The largest absolute Gasteiger partial charge is 0.486 e. The molecular weight excluding hydrogens is 366 g/mol. The smallest absolute Gasteiger partial charge is 0.344 e. The second kappa shape index (κ2) is 8.90. The normalized spacial score (nSPS) is 13.2. The van der Waals surface area contributed by atoms with Crippen molar-refractivity contribution in [2.45, 2.75) is 13.0 Å². The highest BCUT2D eigenvalue weighted by atomic mass is 16.6. The first kappa shape index (κ1) is 19.2. The van der Waals surface area contributed by atoms with E-state index >= 15 is 0 Å². The van der Waals surface area contributed by atoms with Crippen LogP contribution in [-0.2, 0) is 14.3 Å². The minimum absolute atomic E-state index is 0.267. The molecular formula is C20H19NO7. The number of carbonyl (C=O) groups is 3. The van der Waals surface area contributed by atoms with Crippen molar-refractivity contribution in [2.24, 2.45) is 0 Å². The molecule has 3 rings (SSSR count). The van der Waals surface area contributed by atoms with Crippen LogP contribution in [0.4, 0.5) is 5.69 Å². The van der Waals surface area contributed by atoms with Crippen molar-refractivity contribution < 1.29 is 33.3 Å². The SMILES string of the molecule is C[C@H](OC(=O)COc1ccccc1C=O)C(=O)Nc1ccc2c(c1)OCCO2. The van der Waals surface area contributed by atoms with Crippen LogP contribution < -0.4 is 19.5 Å². The molecule has 1 aliphatic heterocycles. The van der Waals surface area contributed by atoms with Gasteiger partial charge in [-0.1, -0.05) is 12.1 Å². The molecule has 1 atom stereocenters. The fourth-order valence-electron chi connectivity index (χ4n) is 2.50. The molecule has 0 saturated carbocycles. The van der Waals surface area contributed by atoms with Gasteiger partial charge in [-0.2, -0.15) is 0 Å². The van der Waals surface area contributed by atoms with Crippen LogP contribution >= 0.6 is 0 Å². The predicted octanol–water partition coefficient (Wildman–Crippen LogP) is 2.22. The second-order valence-electron chi connectivity index (χ2n) is 5.92.